The number of nitrogens with one attached hydrogen (secondary N) is 1. The standard InChI is InChI=1S/C21H19N5O3/c27-21(24-17-13-22-20(23-14-17)15-6-2-1-3-7-15)16-8-9-18(19(12-16)26(28)29)25-10-4-5-11-25/h1-3,6-9,12-14H,4-5,10-11H2,(H,24,27). The summed E-state index contributed by atoms with van der Waals surface area (Å²) >= 11 is 0. The maximum Gasteiger partial charge on any atom is 0.293 e. The van der Waals surface area contributed by atoms with Crippen molar-refractivity contribution in [2.45, 2.75) is 12.8 Å². The topological polar surface area (TPSA) is 101 Å². The van der Waals surface area contributed by atoms with Crippen molar-refractivity contribution in [3.05, 3.63) is 76.6 Å². The second-order valence-corrected chi connectivity index (χ2v) is 6.77. The van der Waals surface area contributed by atoms with Crippen LogP contribution >= 0.6 is 0 Å². The van der Waals surface area contributed by atoms with E-state index in [1.54, 1.807) is 12.1 Å². The molecule has 29 heavy (non-hydrogen) atoms. The molecule has 1 saturated heterocycles. The van der Waals surface area contributed by atoms with Gasteiger partial charge in [-0.05, 0) is 25.0 Å². The average Bonchev–Trinajstić information content (AvgIpc) is 3.29. The second-order valence-electron chi connectivity index (χ2n) is 6.77. The van der Waals surface area contributed by atoms with Gasteiger partial charge < -0.3 is 10.2 Å². The van der Waals surface area contributed by atoms with Gasteiger partial charge in [0.05, 0.1) is 23.0 Å². The zero-order chi connectivity index (χ0) is 20.2. The van der Waals surface area contributed by atoms with E-state index in [9.17, 15) is 14.9 Å². The number of amides is 1. The number of nitro benzene ring substituents is 1. The SMILES string of the molecule is O=C(Nc1cnc(-c2ccccc2)nc1)c1ccc(N2CCCC2)c([N+](=O)[O-])c1. The molecule has 4 rings (SSSR count). The molecule has 146 valence electrons. The van der Waals surface area contributed by atoms with Crippen molar-refractivity contribution >= 4 is 23.0 Å². The first-order chi connectivity index (χ1) is 14.1. The molecule has 0 bridgehead atoms. The highest BCUT2D eigenvalue weighted by Crippen LogP contribution is 2.31. The molecule has 0 aliphatic carbocycles. The monoisotopic (exact) mass is 389 g/mol. The maximum absolute atomic E-state index is 12.6. The average molecular weight is 389 g/mol. The van der Waals surface area contributed by atoms with Crippen molar-refractivity contribution in [1.29, 1.82) is 0 Å². The number of benzene rings is 2. The summed E-state index contributed by atoms with van der Waals surface area (Å²) < 4.78 is 0. The van der Waals surface area contributed by atoms with Crippen LogP contribution in [-0.2, 0) is 0 Å². The van der Waals surface area contributed by atoms with Crippen molar-refractivity contribution in [3.8, 4) is 11.4 Å². The molecule has 8 heteroatoms. The molecule has 0 atom stereocenters. The molecule has 0 radical (unpaired) electrons. The fraction of sp³-hybridized carbons (Fsp3) is 0.190. The van der Waals surface area contributed by atoms with Crippen molar-refractivity contribution < 1.29 is 9.72 Å². The van der Waals surface area contributed by atoms with E-state index in [1.807, 2.05) is 35.2 Å². The Morgan fingerprint density at radius 1 is 1.03 bits per heavy atom. The van der Waals surface area contributed by atoms with Crippen LogP contribution in [0.3, 0.4) is 0 Å². The molecule has 2 heterocycles. The smallest absolute Gasteiger partial charge is 0.293 e. The summed E-state index contributed by atoms with van der Waals surface area (Å²) in [6, 6.07) is 14.1. The third-order valence-corrected chi connectivity index (χ3v) is 4.82. The minimum absolute atomic E-state index is 0.0600. The highest BCUT2D eigenvalue weighted by Gasteiger charge is 2.24. The summed E-state index contributed by atoms with van der Waals surface area (Å²) in [4.78, 5) is 34.2. The van der Waals surface area contributed by atoms with E-state index < -0.39 is 10.8 Å². The fourth-order valence-electron chi connectivity index (χ4n) is 3.37. The highest BCUT2D eigenvalue weighted by atomic mass is 16.6. The Labute approximate surface area is 167 Å². The highest BCUT2D eigenvalue weighted by molar-refractivity contribution is 6.05. The summed E-state index contributed by atoms with van der Waals surface area (Å²) in [5.74, 6) is 0.103. The van der Waals surface area contributed by atoms with Crippen LogP contribution < -0.4 is 10.2 Å². The van der Waals surface area contributed by atoms with Gasteiger partial charge in [0, 0.05) is 30.3 Å². The van der Waals surface area contributed by atoms with Gasteiger partial charge in [-0.25, -0.2) is 9.97 Å². The number of carbonyl (C=O) groups excluding carboxylic acids is 1. The van der Waals surface area contributed by atoms with Gasteiger partial charge in [0.1, 0.15) is 5.69 Å². The number of nitrogens with zero attached hydrogens (tertiary/aromatic N) is 4. The molecular formula is C21H19N5O3. The van der Waals surface area contributed by atoms with Gasteiger partial charge >= 0.3 is 0 Å². The Hall–Kier alpha value is -3.81. The van der Waals surface area contributed by atoms with Crippen LogP contribution in [0, 0.1) is 10.1 Å². The molecule has 1 aliphatic rings. The van der Waals surface area contributed by atoms with E-state index in [2.05, 4.69) is 15.3 Å². The minimum Gasteiger partial charge on any atom is -0.366 e. The summed E-state index contributed by atoms with van der Waals surface area (Å²) in [7, 11) is 0. The van der Waals surface area contributed by atoms with E-state index in [1.165, 1.54) is 18.5 Å². The minimum atomic E-state index is -0.447. The Morgan fingerprint density at radius 2 is 1.72 bits per heavy atom. The molecule has 1 N–H and O–H groups in total. The largest absolute Gasteiger partial charge is 0.366 e. The normalized spacial score (nSPS) is 13.3. The molecule has 1 amide bonds. The first kappa shape index (κ1) is 18.5. The number of nitro groups is 1. The van der Waals surface area contributed by atoms with E-state index in [0.717, 1.165) is 31.5 Å². The van der Waals surface area contributed by atoms with Gasteiger partial charge in [-0.15, -0.1) is 0 Å². The van der Waals surface area contributed by atoms with Crippen molar-refractivity contribution in [3.63, 3.8) is 0 Å². The van der Waals surface area contributed by atoms with Gasteiger partial charge in [0.25, 0.3) is 11.6 Å². The first-order valence-electron chi connectivity index (χ1n) is 9.34. The summed E-state index contributed by atoms with van der Waals surface area (Å²) in [5, 5.41) is 14.2. The Balaban J connectivity index is 1.52. The van der Waals surface area contributed by atoms with Crippen molar-refractivity contribution in [2.24, 2.45) is 0 Å². The zero-order valence-electron chi connectivity index (χ0n) is 15.6. The number of rotatable bonds is 5. The number of hydrogen-bond acceptors (Lipinski definition) is 6. The van der Waals surface area contributed by atoms with Crippen molar-refractivity contribution in [1.82, 2.24) is 9.97 Å². The zero-order valence-corrected chi connectivity index (χ0v) is 15.6. The quantitative estimate of drug-likeness (QED) is 0.524. The third kappa shape index (κ3) is 4.06. The number of carbonyl (C=O) groups is 1. The molecule has 0 spiro atoms. The molecule has 1 aromatic heterocycles. The molecule has 1 fully saturated rings. The second kappa shape index (κ2) is 8.05. The molecule has 1 aliphatic heterocycles. The Kier molecular flexibility index (Phi) is 5.15. The van der Waals surface area contributed by atoms with Gasteiger partial charge in [0.2, 0.25) is 0 Å². The number of aromatic nitrogens is 2. The van der Waals surface area contributed by atoms with Crippen LogP contribution in [0.2, 0.25) is 0 Å². The lowest BCUT2D eigenvalue weighted by Gasteiger charge is -2.17. The van der Waals surface area contributed by atoms with Crippen LogP contribution in [0.5, 0.6) is 0 Å². The van der Waals surface area contributed by atoms with Crippen LogP contribution in [-0.4, -0.2) is 33.9 Å². The Bertz CT molecular complexity index is 1030. The predicted molar refractivity (Wildman–Crippen MR) is 110 cm³/mol. The van der Waals surface area contributed by atoms with E-state index in [0.29, 0.717) is 17.2 Å². The van der Waals surface area contributed by atoms with E-state index >= 15 is 0 Å². The number of anilines is 2. The predicted octanol–water partition coefficient (Wildman–Crippen LogP) is 3.90. The van der Waals surface area contributed by atoms with Crippen LogP contribution in [0.1, 0.15) is 23.2 Å². The van der Waals surface area contributed by atoms with Gasteiger partial charge in [-0.2, -0.15) is 0 Å². The van der Waals surface area contributed by atoms with Crippen LogP contribution in [0.15, 0.2) is 60.9 Å². The number of hydrogen-bond donors (Lipinski definition) is 1. The molecular weight excluding hydrogens is 370 g/mol. The maximum atomic E-state index is 12.6. The van der Waals surface area contributed by atoms with Gasteiger partial charge in [-0.3, -0.25) is 14.9 Å². The molecule has 0 unspecified atom stereocenters. The summed E-state index contributed by atoms with van der Waals surface area (Å²) in [6.07, 6.45) is 5.05. The first-order valence-corrected chi connectivity index (χ1v) is 9.34. The van der Waals surface area contributed by atoms with Gasteiger partial charge in [-0.1, -0.05) is 30.3 Å². The third-order valence-electron chi connectivity index (χ3n) is 4.82. The molecule has 0 saturated carbocycles. The van der Waals surface area contributed by atoms with Gasteiger partial charge in [0.15, 0.2) is 5.82 Å². The lowest BCUT2D eigenvalue weighted by atomic mass is 10.1. The summed E-state index contributed by atoms with van der Waals surface area (Å²) in [6.45, 7) is 1.58. The van der Waals surface area contributed by atoms with Crippen LogP contribution in [0.4, 0.5) is 17.1 Å². The van der Waals surface area contributed by atoms with E-state index in [4.69, 9.17) is 0 Å². The molecule has 3 aromatic rings. The fourth-order valence-corrected chi connectivity index (χ4v) is 3.37. The Morgan fingerprint density at radius 3 is 2.38 bits per heavy atom. The van der Waals surface area contributed by atoms with Crippen LogP contribution in [0.25, 0.3) is 11.4 Å². The van der Waals surface area contributed by atoms with E-state index in [-0.39, 0.29) is 11.3 Å². The molecule has 8 nitrogen and oxygen atoms in total. The lowest BCUT2D eigenvalue weighted by Crippen LogP contribution is -2.20. The molecule has 2 aromatic carbocycles. The summed E-state index contributed by atoms with van der Waals surface area (Å²) in [5.41, 5.74) is 2.00. The lowest BCUT2D eigenvalue weighted by molar-refractivity contribution is -0.384. The van der Waals surface area contributed by atoms with Crippen molar-refractivity contribution in [2.75, 3.05) is 23.3 Å².